The first kappa shape index (κ1) is 22.5. The van der Waals surface area contributed by atoms with Gasteiger partial charge in [-0.1, -0.05) is 43.7 Å². The summed E-state index contributed by atoms with van der Waals surface area (Å²) in [6.45, 7) is 5.83. The zero-order valence-corrected chi connectivity index (χ0v) is 16.6. The van der Waals surface area contributed by atoms with Crippen LogP contribution in [-0.2, 0) is 17.4 Å². The van der Waals surface area contributed by atoms with Gasteiger partial charge in [0.05, 0.1) is 5.56 Å². The molecular weight excluding hydrogens is 381 g/mol. The van der Waals surface area contributed by atoms with E-state index in [1.54, 1.807) is 12.1 Å². The zero-order valence-electron chi connectivity index (χ0n) is 16.6. The Bertz CT molecular complexity index is 829. The summed E-state index contributed by atoms with van der Waals surface area (Å²) in [5.41, 5.74) is 1.48. The number of halogens is 3. The molecule has 0 saturated carbocycles. The van der Waals surface area contributed by atoms with Gasteiger partial charge in [-0.25, -0.2) is 0 Å². The molecule has 4 nitrogen and oxygen atoms in total. The van der Waals surface area contributed by atoms with Gasteiger partial charge in [-0.3, -0.25) is 9.59 Å². The number of alkyl halides is 3. The van der Waals surface area contributed by atoms with Crippen LogP contribution in [0.15, 0.2) is 48.5 Å². The van der Waals surface area contributed by atoms with E-state index in [2.05, 4.69) is 10.6 Å². The van der Waals surface area contributed by atoms with E-state index in [0.29, 0.717) is 17.5 Å². The first-order valence-corrected chi connectivity index (χ1v) is 9.39. The lowest BCUT2D eigenvalue weighted by Gasteiger charge is -2.22. The molecule has 2 rings (SSSR count). The maximum absolute atomic E-state index is 12.6. The molecule has 0 aliphatic rings. The second kappa shape index (κ2) is 9.58. The van der Waals surface area contributed by atoms with Crippen LogP contribution in [0.25, 0.3) is 0 Å². The van der Waals surface area contributed by atoms with Crippen LogP contribution in [0.4, 0.5) is 13.2 Å². The van der Waals surface area contributed by atoms with Gasteiger partial charge in [-0.15, -0.1) is 0 Å². The van der Waals surface area contributed by atoms with Gasteiger partial charge in [0.1, 0.15) is 6.04 Å². The molecule has 0 saturated heterocycles. The Morgan fingerprint density at radius 2 is 1.55 bits per heavy atom. The predicted molar refractivity (Wildman–Crippen MR) is 105 cm³/mol. The number of hydrogen-bond acceptors (Lipinski definition) is 2. The number of carbonyl (C=O) groups excluding carboxylic acids is 2. The van der Waals surface area contributed by atoms with Crippen molar-refractivity contribution in [2.24, 2.45) is 5.92 Å². The summed E-state index contributed by atoms with van der Waals surface area (Å²) in [5, 5.41) is 5.50. The van der Waals surface area contributed by atoms with Crippen molar-refractivity contribution in [1.82, 2.24) is 10.6 Å². The van der Waals surface area contributed by atoms with E-state index < -0.39 is 17.8 Å². The van der Waals surface area contributed by atoms with E-state index in [-0.39, 0.29) is 24.3 Å². The van der Waals surface area contributed by atoms with Gasteiger partial charge < -0.3 is 10.6 Å². The maximum atomic E-state index is 12.6. The summed E-state index contributed by atoms with van der Waals surface area (Å²) in [6, 6.07) is 11.2. The first-order chi connectivity index (χ1) is 13.6. The second-order valence-corrected chi connectivity index (χ2v) is 7.30. The Morgan fingerprint density at radius 3 is 2.07 bits per heavy atom. The van der Waals surface area contributed by atoms with Gasteiger partial charge in [0.25, 0.3) is 5.91 Å². The Hall–Kier alpha value is -2.83. The molecule has 0 aliphatic carbocycles. The Balaban J connectivity index is 1.90. The SMILES string of the molecule is Cc1ccc(C(=O)NC(C(=O)NCCc2ccc(C(F)(F)F)cc2)C(C)C)cc1. The van der Waals surface area contributed by atoms with Crippen molar-refractivity contribution >= 4 is 11.8 Å². The lowest BCUT2D eigenvalue weighted by Crippen LogP contribution is -2.50. The highest BCUT2D eigenvalue weighted by Crippen LogP contribution is 2.29. The highest BCUT2D eigenvalue weighted by Gasteiger charge is 2.30. The van der Waals surface area contributed by atoms with Crippen molar-refractivity contribution in [1.29, 1.82) is 0 Å². The number of rotatable bonds is 7. The lowest BCUT2D eigenvalue weighted by atomic mass is 10.0. The van der Waals surface area contributed by atoms with Crippen molar-refractivity contribution in [3.63, 3.8) is 0 Å². The van der Waals surface area contributed by atoms with Gasteiger partial charge in [0.15, 0.2) is 0 Å². The van der Waals surface area contributed by atoms with Gasteiger partial charge in [-0.05, 0) is 49.1 Å². The molecule has 156 valence electrons. The highest BCUT2D eigenvalue weighted by molar-refractivity contribution is 5.97. The number of hydrogen-bond donors (Lipinski definition) is 2. The fraction of sp³-hybridized carbons (Fsp3) is 0.364. The average Bonchev–Trinajstić information content (AvgIpc) is 2.65. The van der Waals surface area contributed by atoms with Crippen molar-refractivity contribution in [2.75, 3.05) is 6.54 Å². The van der Waals surface area contributed by atoms with E-state index in [1.807, 2.05) is 32.9 Å². The van der Waals surface area contributed by atoms with E-state index in [9.17, 15) is 22.8 Å². The quantitative estimate of drug-likeness (QED) is 0.727. The number of amides is 2. The number of aryl methyl sites for hydroxylation is 1. The first-order valence-electron chi connectivity index (χ1n) is 9.39. The molecule has 2 aromatic carbocycles. The summed E-state index contributed by atoms with van der Waals surface area (Å²) in [7, 11) is 0. The van der Waals surface area contributed by atoms with Crippen LogP contribution in [0.2, 0.25) is 0 Å². The van der Waals surface area contributed by atoms with Crippen molar-refractivity contribution < 1.29 is 22.8 Å². The maximum Gasteiger partial charge on any atom is 0.416 e. The predicted octanol–water partition coefficient (Wildman–Crippen LogP) is 4.13. The van der Waals surface area contributed by atoms with Crippen LogP contribution in [-0.4, -0.2) is 24.4 Å². The molecule has 2 aromatic rings. The van der Waals surface area contributed by atoms with Crippen LogP contribution >= 0.6 is 0 Å². The van der Waals surface area contributed by atoms with E-state index in [0.717, 1.165) is 17.7 Å². The molecule has 0 fully saturated rings. The monoisotopic (exact) mass is 406 g/mol. The molecule has 1 unspecified atom stereocenters. The number of nitrogens with one attached hydrogen (secondary N) is 2. The molecule has 0 spiro atoms. The Labute approximate surface area is 168 Å². The third-order valence-corrected chi connectivity index (χ3v) is 4.54. The fourth-order valence-electron chi connectivity index (χ4n) is 2.76. The van der Waals surface area contributed by atoms with Gasteiger partial charge >= 0.3 is 6.18 Å². The summed E-state index contributed by atoms with van der Waals surface area (Å²) >= 11 is 0. The number of carbonyl (C=O) groups is 2. The summed E-state index contributed by atoms with van der Waals surface area (Å²) in [4.78, 5) is 24.9. The highest BCUT2D eigenvalue weighted by atomic mass is 19.4. The van der Waals surface area contributed by atoms with Crippen LogP contribution in [0.1, 0.15) is 40.9 Å². The molecule has 0 bridgehead atoms. The molecule has 1 atom stereocenters. The van der Waals surface area contributed by atoms with Crippen LogP contribution in [0, 0.1) is 12.8 Å². The van der Waals surface area contributed by atoms with Gasteiger partial charge in [-0.2, -0.15) is 13.2 Å². The van der Waals surface area contributed by atoms with Crippen molar-refractivity contribution in [2.45, 2.75) is 39.4 Å². The van der Waals surface area contributed by atoms with E-state index in [1.165, 1.54) is 12.1 Å². The fourth-order valence-corrected chi connectivity index (χ4v) is 2.76. The molecule has 0 aromatic heterocycles. The Kier molecular flexibility index (Phi) is 7.42. The minimum atomic E-state index is -4.37. The van der Waals surface area contributed by atoms with Crippen LogP contribution in [0.5, 0.6) is 0 Å². The van der Waals surface area contributed by atoms with Crippen LogP contribution in [0.3, 0.4) is 0 Å². The minimum absolute atomic E-state index is 0.129. The molecular formula is C22H25F3N2O2. The topological polar surface area (TPSA) is 58.2 Å². The van der Waals surface area contributed by atoms with E-state index >= 15 is 0 Å². The zero-order chi connectivity index (χ0) is 21.6. The lowest BCUT2D eigenvalue weighted by molar-refractivity contribution is -0.137. The van der Waals surface area contributed by atoms with Crippen molar-refractivity contribution in [3.05, 3.63) is 70.8 Å². The Morgan fingerprint density at radius 1 is 0.966 bits per heavy atom. The standard InChI is InChI=1S/C22H25F3N2O2/c1-14(2)19(27-20(28)17-8-4-15(3)5-9-17)21(29)26-13-12-16-6-10-18(11-7-16)22(23,24)25/h4-11,14,19H,12-13H2,1-3H3,(H,26,29)(H,27,28). The number of benzene rings is 2. The summed E-state index contributed by atoms with van der Waals surface area (Å²) < 4.78 is 37.8. The average molecular weight is 406 g/mol. The smallest absolute Gasteiger partial charge is 0.354 e. The molecule has 2 N–H and O–H groups in total. The van der Waals surface area contributed by atoms with Crippen molar-refractivity contribution in [3.8, 4) is 0 Å². The van der Waals surface area contributed by atoms with Gasteiger partial charge in [0, 0.05) is 12.1 Å². The van der Waals surface area contributed by atoms with Gasteiger partial charge in [0.2, 0.25) is 5.91 Å². The molecule has 0 aliphatic heterocycles. The second-order valence-electron chi connectivity index (χ2n) is 7.30. The normalized spacial score (nSPS) is 12.5. The molecule has 2 amide bonds. The van der Waals surface area contributed by atoms with Crippen LogP contribution < -0.4 is 10.6 Å². The largest absolute Gasteiger partial charge is 0.416 e. The third-order valence-electron chi connectivity index (χ3n) is 4.54. The summed E-state index contributed by atoms with van der Waals surface area (Å²) in [5.74, 6) is -0.788. The minimum Gasteiger partial charge on any atom is -0.354 e. The molecule has 29 heavy (non-hydrogen) atoms. The molecule has 0 heterocycles. The third kappa shape index (κ3) is 6.62. The molecule has 0 radical (unpaired) electrons. The summed E-state index contributed by atoms with van der Waals surface area (Å²) in [6.07, 6.45) is -3.98. The van der Waals surface area contributed by atoms with E-state index in [4.69, 9.17) is 0 Å². The molecule has 7 heteroatoms.